The van der Waals surface area contributed by atoms with Gasteiger partial charge in [0.1, 0.15) is 4.88 Å². The quantitative estimate of drug-likeness (QED) is 0.514. The molecule has 1 N–H and O–H groups in total. The van der Waals surface area contributed by atoms with Gasteiger partial charge < -0.3 is 5.32 Å². The number of carbonyl (C=O) groups is 1. The molecule has 1 saturated heterocycles. The Labute approximate surface area is 106 Å². The van der Waals surface area contributed by atoms with Gasteiger partial charge in [0.15, 0.2) is 0 Å². The lowest BCUT2D eigenvalue weighted by Gasteiger charge is -2.13. The first kappa shape index (κ1) is 11.3. The normalized spacial score (nSPS) is 21.8. The van der Waals surface area contributed by atoms with Crippen LogP contribution in [0.4, 0.5) is 0 Å². The van der Waals surface area contributed by atoms with Crippen molar-refractivity contribution in [2.24, 2.45) is 0 Å². The lowest BCUT2D eigenvalue weighted by atomic mass is 10.2. The Morgan fingerprint density at radius 1 is 1.80 bits per heavy atom. The highest BCUT2D eigenvalue weighted by molar-refractivity contribution is 14.1. The summed E-state index contributed by atoms with van der Waals surface area (Å²) in [7, 11) is 0. The molecule has 0 bridgehead atoms. The summed E-state index contributed by atoms with van der Waals surface area (Å²) in [4.78, 5) is 18.6. The third-order valence-corrected chi connectivity index (χ3v) is 4.17. The van der Waals surface area contributed by atoms with Gasteiger partial charge in [-0.1, -0.05) is 22.6 Å². The Kier molecular flexibility index (Phi) is 3.92. The summed E-state index contributed by atoms with van der Waals surface area (Å²) in [6, 6.07) is 0.300. The van der Waals surface area contributed by atoms with Gasteiger partial charge in [-0.25, -0.2) is 0 Å². The van der Waals surface area contributed by atoms with Crippen molar-refractivity contribution in [2.75, 3.05) is 17.6 Å². The molecule has 4 nitrogen and oxygen atoms in total. The smallest absolute Gasteiger partial charge is 0.263 e. The molecule has 0 saturated carbocycles. The van der Waals surface area contributed by atoms with Crippen molar-refractivity contribution in [1.82, 2.24) is 15.2 Å². The van der Waals surface area contributed by atoms with Crippen LogP contribution in [-0.2, 0) is 0 Å². The molecule has 1 aliphatic heterocycles. The molecule has 2 rings (SSSR count). The van der Waals surface area contributed by atoms with Gasteiger partial charge in [0, 0.05) is 19.1 Å². The minimum atomic E-state index is 0.0119. The standard InChI is InChI=1S/C9H12IN3OS/c10-5-13-2-1-7(4-13)12-9(14)8-3-11-6-15-8/h3,6-7H,1-2,4-5H2,(H,12,14). The highest BCUT2D eigenvalue weighted by Gasteiger charge is 2.23. The molecule has 0 aliphatic carbocycles. The van der Waals surface area contributed by atoms with Gasteiger partial charge in [-0.15, -0.1) is 11.3 Å². The molecule has 1 amide bonds. The number of aromatic nitrogens is 1. The first-order valence-corrected chi connectivity index (χ1v) is 7.18. The Morgan fingerprint density at radius 2 is 2.67 bits per heavy atom. The molecule has 0 aromatic carbocycles. The third kappa shape index (κ3) is 2.88. The number of likely N-dealkylation sites (tertiary alicyclic amines) is 1. The van der Waals surface area contributed by atoms with Crippen molar-refractivity contribution < 1.29 is 4.79 Å². The first-order valence-electron chi connectivity index (χ1n) is 4.77. The number of hydrogen-bond donors (Lipinski definition) is 1. The summed E-state index contributed by atoms with van der Waals surface area (Å²) < 4.78 is 1.03. The summed E-state index contributed by atoms with van der Waals surface area (Å²) in [6.45, 7) is 2.05. The van der Waals surface area contributed by atoms with Crippen LogP contribution in [0.2, 0.25) is 0 Å². The van der Waals surface area contributed by atoms with E-state index in [2.05, 4.69) is 37.8 Å². The van der Waals surface area contributed by atoms with Crippen molar-refractivity contribution in [3.8, 4) is 0 Å². The lowest BCUT2D eigenvalue weighted by Crippen LogP contribution is -2.36. The van der Waals surface area contributed by atoms with Gasteiger partial charge in [-0.3, -0.25) is 14.7 Å². The van der Waals surface area contributed by atoms with Crippen molar-refractivity contribution in [3.05, 3.63) is 16.6 Å². The van der Waals surface area contributed by atoms with Crippen LogP contribution in [0.1, 0.15) is 16.1 Å². The summed E-state index contributed by atoms with van der Waals surface area (Å²) in [5.41, 5.74) is 1.68. The molecule has 0 radical (unpaired) electrons. The van der Waals surface area contributed by atoms with Crippen LogP contribution in [0.5, 0.6) is 0 Å². The predicted molar refractivity (Wildman–Crippen MR) is 68.4 cm³/mol. The maximum Gasteiger partial charge on any atom is 0.263 e. The van der Waals surface area contributed by atoms with E-state index in [4.69, 9.17) is 0 Å². The molecule has 1 fully saturated rings. The van der Waals surface area contributed by atoms with Crippen LogP contribution in [0, 0.1) is 0 Å². The Hall–Kier alpha value is -0.210. The van der Waals surface area contributed by atoms with Crippen LogP contribution in [0.25, 0.3) is 0 Å². The van der Waals surface area contributed by atoms with Crippen LogP contribution in [0.3, 0.4) is 0 Å². The molecule has 1 atom stereocenters. The SMILES string of the molecule is O=C(NC1CCN(CI)C1)c1cncs1. The molecule has 0 spiro atoms. The van der Waals surface area contributed by atoms with E-state index in [1.165, 1.54) is 11.3 Å². The first-order chi connectivity index (χ1) is 7.29. The van der Waals surface area contributed by atoms with Crippen molar-refractivity contribution in [2.45, 2.75) is 12.5 Å². The Bertz CT molecular complexity index is 330. The molecule has 1 aliphatic rings. The molecular weight excluding hydrogens is 325 g/mol. The van der Waals surface area contributed by atoms with E-state index in [0.29, 0.717) is 10.9 Å². The van der Waals surface area contributed by atoms with E-state index in [9.17, 15) is 4.79 Å². The molecule has 1 aromatic rings. The second kappa shape index (κ2) is 5.22. The van der Waals surface area contributed by atoms with Crippen LogP contribution in [-0.4, -0.2) is 39.5 Å². The fourth-order valence-electron chi connectivity index (χ4n) is 1.64. The molecular formula is C9H12IN3OS. The Balaban J connectivity index is 1.86. The minimum absolute atomic E-state index is 0.0119. The number of halogens is 1. The van der Waals surface area contributed by atoms with Gasteiger partial charge in [0.2, 0.25) is 0 Å². The van der Waals surface area contributed by atoms with Crippen LogP contribution < -0.4 is 5.32 Å². The summed E-state index contributed by atoms with van der Waals surface area (Å²) in [5, 5.41) is 3.03. The highest BCUT2D eigenvalue weighted by atomic mass is 127. The summed E-state index contributed by atoms with van der Waals surface area (Å²) >= 11 is 3.73. The van der Waals surface area contributed by atoms with Crippen molar-refractivity contribution >= 4 is 39.8 Å². The zero-order chi connectivity index (χ0) is 10.7. The van der Waals surface area contributed by atoms with Gasteiger partial charge >= 0.3 is 0 Å². The second-order valence-electron chi connectivity index (χ2n) is 3.52. The second-order valence-corrected chi connectivity index (χ2v) is 5.09. The number of nitrogens with one attached hydrogen (secondary N) is 1. The average molecular weight is 337 g/mol. The minimum Gasteiger partial charge on any atom is -0.347 e. The van der Waals surface area contributed by atoms with Crippen LogP contribution >= 0.6 is 33.9 Å². The largest absolute Gasteiger partial charge is 0.347 e. The van der Waals surface area contributed by atoms with Gasteiger partial charge in [-0.05, 0) is 6.42 Å². The van der Waals surface area contributed by atoms with E-state index in [0.717, 1.165) is 24.1 Å². The zero-order valence-electron chi connectivity index (χ0n) is 8.15. The maximum absolute atomic E-state index is 11.7. The van der Waals surface area contributed by atoms with E-state index in [-0.39, 0.29) is 5.91 Å². The number of amides is 1. The van der Waals surface area contributed by atoms with Gasteiger partial charge in [0.05, 0.1) is 16.3 Å². The monoisotopic (exact) mass is 337 g/mol. The maximum atomic E-state index is 11.7. The Morgan fingerprint density at radius 3 is 3.27 bits per heavy atom. The fourth-order valence-corrected chi connectivity index (χ4v) is 2.79. The number of carbonyl (C=O) groups excluding carboxylic acids is 1. The molecule has 1 aromatic heterocycles. The van der Waals surface area contributed by atoms with E-state index in [1.54, 1.807) is 11.7 Å². The molecule has 15 heavy (non-hydrogen) atoms. The van der Waals surface area contributed by atoms with E-state index >= 15 is 0 Å². The third-order valence-electron chi connectivity index (χ3n) is 2.43. The fraction of sp³-hybridized carbons (Fsp3) is 0.556. The van der Waals surface area contributed by atoms with E-state index in [1.807, 2.05) is 0 Å². The van der Waals surface area contributed by atoms with Crippen LogP contribution in [0.15, 0.2) is 11.7 Å². The molecule has 6 heteroatoms. The van der Waals surface area contributed by atoms with Crippen molar-refractivity contribution in [1.29, 1.82) is 0 Å². The summed E-state index contributed by atoms with van der Waals surface area (Å²) in [5.74, 6) is 0.0119. The number of alkyl halides is 1. The van der Waals surface area contributed by atoms with Gasteiger partial charge in [0.25, 0.3) is 5.91 Å². The van der Waals surface area contributed by atoms with Gasteiger partial charge in [-0.2, -0.15) is 0 Å². The molecule has 2 heterocycles. The zero-order valence-corrected chi connectivity index (χ0v) is 11.1. The number of thiazole rings is 1. The highest BCUT2D eigenvalue weighted by Crippen LogP contribution is 2.12. The number of rotatable bonds is 3. The topological polar surface area (TPSA) is 45.2 Å². The number of hydrogen-bond acceptors (Lipinski definition) is 4. The average Bonchev–Trinajstić information content (AvgIpc) is 2.87. The molecule has 1 unspecified atom stereocenters. The van der Waals surface area contributed by atoms with Crippen molar-refractivity contribution in [3.63, 3.8) is 0 Å². The van der Waals surface area contributed by atoms with E-state index < -0.39 is 0 Å². The lowest BCUT2D eigenvalue weighted by molar-refractivity contribution is 0.0942. The number of nitrogens with zero attached hydrogens (tertiary/aromatic N) is 2. The molecule has 82 valence electrons. The predicted octanol–water partition coefficient (Wildman–Crippen LogP) is 1.34. The summed E-state index contributed by atoms with van der Waals surface area (Å²) in [6.07, 6.45) is 2.67.